The second-order valence-electron chi connectivity index (χ2n) is 2.23. The van der Waals surface area contributed by atoms with Gasteiger partial charge in [0.05, 0.1) is 5.56 Å². The summed E-state index contributed by atoms with van der Waals surface area (Å²) >= 11 is 0. The van der Waals surface area contributed by atoms with E-state index in [1.807, 2.05) is 0 Å². The Kier molecular flexibility index (Phi) is 2.17. The Bertz CT molecular complexity index is 291. The highest BCUT2D eigenvalue weighted by Gasteiger charge is 2.32. The zero-order valence-corrected chi connectivity index (χ0v) is 6.02. The van der Waals surface area contributed by atoms with Gasteiger partial charge in [-0.15, -0.1) is 0 Å². The van der Waals surface area contributed by atoms with Gasteiger partial charge in [-0.3, -0.25) is 0 Å². The normalized spacial score (nSPS) is 11.2. The highest BCUT2D eigenvalue weighted by atomic mass is 19.4. The van der Waals surface area contributed by atoms with E-state index in [0.29, 0.717) is 6.21 Å². The van der Waals surface area contributed by atoms with Crippen molar-refractivity contribution >= 4 is 6.21 Å². The molecule has 1 aromatic rings. The van der Waals surface area contributed by atoms with Gasteiger partial charge in [-0.1, -0.05) is 18.2 Å². The fourth-order valence-electron chi connectivity index (χ4n) is 0.881. The lowest BCUT2D eigenvalue weighted by Gasteiger charge is -2.08. The van der Waals surface area contributed by atoms with Crippen LogP contribution in [0, 0.1) is 5.41 Å². The summed E-state index contributed by atoms with van der Waals surface area (Å²) in [7, 11) is 0. The van der Waals surface area contributed by atoms with E-state index in [9.17, 15) is 13.2 Å². The molecule has 0 aliphatic rings. The van der Waals surface area contributed by atoms with Crippen molar-refractivity contribution in [3.8, 4) is 0 Å². The van der Waals surface area contributed by atoms with Gasteiger partial charge >= 0.3 is 6.18 Å². The van der Waals surface area contributed by atoms with Crippen LogP contribution in [0.4, 0.5) is 13.2 Å². The molecule has 1 aromatic carbocycles. The molecule has 0 aromatic heterocycles. The van der Waals surface area contributed by atoms with Crippen LogP contribution in [0.25, 0.3) is 0 Å². The quantitative estimate of drug-likeness (QED) is 0.631. The minimum atomic E-state index is -4.37. The molecule has 0 unspecified atom stereocenters. The van der Waals surface area contributed by atoms with Crippen LogP contribution in [0.1, 0.15) is 11.1 Å². The fourth-order valence-corrected chi connectivity index (χ4v) is 0.881. The average molecular weight is 173 g/mol. The van der Waals surface area contributed by atoms with Crippen LogP contribution in [0.2, 0.25) is 0 Å². The monoisotopic (exact) mass is 173 g/mol. The number of rotatable bonds is 1. The van der Waals surface area contributed by atoms with Crippen molar-refractivity contribution in [1.29, 1.82) is 5.41 Å². The highest BCUT2D eigenvalue weighted by molar-refractivity contribution is 5.79. The van der Waals surface area contributed by atoms with Crippen molar-refractivity contribution in [1.82, 2.24) is 0 Å². The molecule has 0 amide bonds. The van der Waals surface area contributed by atoms with Crippen molar-refractivity contribution < 1.29 is 13.2 Å². The van der Waals surface area contributed by atoms with Crippen molar-refractivity contribution in [3.05, 3.63) is 35.4 Å². The first-order valence-corrected chi connectivity index (χ1v) is 3.22. The molecule has 64 valence electrons. The molecule has 1 nitrogen and oxygen atoms in total. The lowest BCUT2D eigenvalue weighted by molar-refractivity contribution is -0.137. The number of hydrogen-bond acceptors (Lipinski definition) is 1. The number of alkyl halides is 3. The Morgan fingerprint density at radius 3 is 2.17 bits per heavy atom. The van der Waals surface area contributed by atoms with Gasteiger partial charge in [-0.05, 0) is 6.07 Å². The second-order valence-corrected chi connectivity index (χ2v) is 2.23. The first-order valence-electron chi connectivity index (χ1n) is 3.22. The highest BCUT2D eigenvalue weighted by Crippen LogP contribution is 2.30. The molecule has 0 heterocycles. The summed E-state index contributed by atoms with van der Waals surface area (Å²) in [5.41, 5.74) is -0.870. The molecule has 0 aliphatic carbocycles. The number of nitrogens with one attached hydrogen (secondary N) is 1. The summed E-state index contributed by atoms with van der Waals surface area (Å²) in [4.78, 5) is 0. The van der Waals surface area contributed by atoms with Crippen LogP contribution in [-0.4, -0.2) is 6.21 Å². The fraction of sp³-hybridized carbons (Fsp3) is 0.125. The third-order valence-corrected chi connectivity index (χ3v) is 1.42. The molecular formula is C8H6F3N. The van der Waals surface area contributed by atoms with Crippen molar-refractivity contribution in [3.63, 3.8) is 0 Å². The Morgan fingerprint density at radius 1 is 1.17 bits per heavy atom. The molecule has 0 atom stereocenters. The summed E-state index contributed by atoms with van der Waals surface area (Å²) in [5.74, 6) is 0. The van der Waals surface area contributed by atoms with Gasteiger partial charge in [0.1, 0.15) is 0 Å². The number of hydrogen-bond donors (Lipinski definition) is 1. The van der Waals surface area contributed by atoms with Crippen molar-refractivity contribution in [2.75, 3.05) is 0 Å². The molecule has 12 heavy (non-hydrogen) atoms. The van der Waals surface area contributed by atoms with Crippen LogP contribution in [0.3, 0.4) is 0 Å². The molecule has 0 radical (unpaired) electrons. The van der Waals surface area contributed by atoms with Crippen LogP contribution < -0.4 is 0 Å². The van der Waals surface area contributed by atoms with Gasteiger partial charge in [0, 0.05) is 11.8 Å². The van der Waals surface area contributed by atoms with Crippen LogP contribution >= 0.6 is 0 Å². The van der Waals surface area contributed by atoms with E-state index in [4.69, 9.17) is 5.41 Å². The Hall–Kier alpha value is -1.32. The Balaban J connectivity index is 3.23. The molecular weight excluding hydrogens is 167 g/mol. The zero-order chi connectivity index (χ0) is 9.19. The number of benzene rings is 1. The smallest absolute Gasteiger partial charge is 0.308 e. The minimum Gasteiger partial charge on any atom is -0.308 e. The summed E-state index contributed by atoms with van der Waals surface area (Å²) < 4.78 is 36.4. The van der Waals surface area contributed by atoms with Gasteiger partial charge in [0.15, 0.2) is 0 Å². The van der Waals surface area contributed by atoms with Gasteiger partial charge < -0.3 is 5.41 Å². The second kappa shape index (κ2) is 2.97. The molecule has 1 rings (SSSR count). The molecule has 0 saturated carbocycles. The third kappa shape index (κ3) is 1.64. The summed E-state index contributed by atoms with van der Waals surface area (Å²) in [6.07, 6.45) is -3.67. The van der Waals surface area contributed by atoms with E-state index in [1.165, 1.54) is 18.2 Å². The van der Waals surface area contributed by atoms with Crippen molar-refractivity contribution in [2.24, 2.45) is 0 Å². The number of halogens is 3. The van der Waals surface area contributed by atoms with E-state index in [1.54, 1.807) is 0 Å². The van der Waals surface area contributed by atoms with Crippen molar-refractivity contribution in [2.45, 2.75) is 6.18 Å². The van der Waals surface area contributed by atoms with Crippen LogP contribution in [0.15, 0.2) is 24.3 Å². The summed E-state index contributed by atoms with van der Waals surface area (Å²) in [6, 6.07) is 4.99. The van der Waals surface area contributed by atoms with E-state index >= 15 is 0 Å². The molecule has 4 heteroatoms. The Morgan fingerprint density at radius 2 is 1.75 bits per heavy atom. The van der Waals surface area contributed by atoms with Gasteiger partial charge in [0.25, 0.3) is 0 Å². The molecule has 1 N–H and O–H groups in total. The minimum absolute atomic E-state index is 0.106. The first-order chi connectivity index (χ1) is 5.55. The van der Waals surface area contributed by atoms with Gasteiger partial charge in [-0.25, -0.2) is 0 Å². The third-order valence-electron chi connectivity index (χ3n) is 1.42. The first kappa shape index (κ1) is 8.77. The van der Waals surface area contributed by atoms with E-state index in [-0.39, 0.29) is 5.56 Å². The van der Waals surface area contributed by atoms with Crippen LogP contribution in [-0.2, 0) is 6.18 Å². The van der Waals surface area contributed by atoms with E-state index < -0.39 is 11.7 Å². The summed E-state index contributed by atoms with van der Waals surface area (Å²) in [6.45, 7) is 0. The van der Waals surface area contributed by atoms with Gasteiger partial charge in [-0.2, -0.15) is 13.2 Å². The predicted octanol–water partition coefficient (Wildman–Crippen LogP) is 2.70. The molecule has 0 bridgehead atoms. The molecule has 0 spiro atoms. The Labute approximate surface area is 67.3 Å². The maximum absolute atomic E-state index is 12.1. The predicted molar refractivity (Wildman–Crippen MR) is 39.3 cm³/mol. The average Bonchev–Trinajstić information content (AvgIpc) is 2.03. The molecule has 0 fully saturated rings. The van der Waals surface area contributed by atoms with E-state index in [0.717, 1.165) is 6.07 Å². The molecule has 0 saturated heterocycles. The topological polar surface area (TPSA) is 23.9 Å². The van der Waals surface area contributed by atoms with Crippen LogP contribution in [0.5, 0.6) is 0 Å². The maximum atomic E-state index is 12.1. The van der Waals surface area contributed by atoms with Gasteiger partial charge in [0.2, 0.25) is 0 Å². The SMILES string of the molecule is N=Cc1ccccc1C(F)(F)F. The lowest BCUT2D eigenvalue weighted by atomic mass is 10.1. The largest absolute Gasteiger partial charge is 0.417 e. The standard InChI is InChI=1S/C8H6F3N/c9-8(10,11)7-4-2-1-3-6(7)5-12/h1-5,12H. The van der Waals surface area contributed by atoms with E-state index in [2.05, 4.69) is 0 Å². The summed E-state index contributed by atoms with van der Waals surface area (Å²) in [5, 5.41) is 6.74. The molecule has 0 aliphatic heterocycles. The zero-order valence-electron chi connectivity index (χ0n) is 6.02. The maximum Gasteiger partial charge on any atom is 0.417 e. The lowest BCUT2D eigenvalue weighted by Crippen LogP contribution is -2.08.